The van der Waals surface area contributed by atoms with E-state index in [0.29, 0.717) is 6.42 Å². The molecule has 98 valence electrons. The Morgan fingerprint density at radius 1 is 1.44 bits per heavy atom. The maximum atomic E-state index is 6.23. The Bertz CT molecular complexity index is 491. The summed E-state index contributed by atoms with van der Waals surface area (Å²) < 4.78 is 5.87. The molecule has 2 aromatic heterocycles. The summed E-state index contributed by atoms with van der Waals surface area (Å²) in [5, 5.41) is 8.29. The number of aryl methyl sites for hydroxylation is 2. The van der Waals surface area contributed by atoms with Gasteiger partial charge in [-0.3, -0.25) is 4.68 Å². The first kappa shape index (κ1) is 13.1. The Kier molecular flexibility index (Phi) is 4.38. The minimum atomic E-state index is -0.0963. The van der Waals surface area contributed by atoms with Crippen LogP contribution in [0.3, 0.4) is 0 Å². The van der Waals surface area contributed by atoms with Crippen molar-refractivity contribution in [3.05, 3.63) is 22.7 Å². The van der Waals surface area contributed by atoms with E-state index in [4.69, 9.17) is 5.73 Å². The van der Waals surface area contributed by atoms with E-state index in [-0.39, 0.29) is 6.04 Å². The van der Waals surface area contributed by atoms with Gasteiger partial charge in [0.05, 0.1) is 10.6 Å². The normalized spacial score (nSPS) is 12.8. The van der Waals surface area contributed by atoms with Gasteiger partial charge >= 0.3 is 0 Å². The number of nitrogens with two attached hydrogens (primary N) is 1. The van der Waals surface area contributed by atoms with E-state index in [1.165, 1.54) is 11.5 Å². The monoisotopic (exact) mass is 266 g/mol. The molecule has 18 heavy (non-hydrogen) atoms. The highest BCUT2D eigenvalue weighted by Crippen LogP contribution is 2.22. The molecule has 0 aliphatic heterocycles. The van der Waals surface area contributed by atoms with E-state index in [0.717, 1.165) is 35.8 Å². The van der Waals surface area contributed by atoms with Crippen LogP contribution in [0.4, 0.5) is 0 Å². The van der Waals surface area contributed by atoms with Crippen LogP contribution < -0.4 is 5.73 Å². The third-order valence-corrected chi connectivity index (χ3v) is 3.70. The minimum absolute atomic E-state index is 0.0963. The first-order valence-corrected chi connectivity index (χ1v) is 6.97. The molecule has 0 aliphatic rings. The second kappa shape index (κ2) is 6.01. The van der Waals surface area contributed by atoms with Gasteiger partial charge < -0.3 is 5.73 Å². The van der Waals surface area contributed by atoms with Crippen molar-refractivity contribution in [1.82, 2.24) is 24.4 Å². The standard InChI is InChI=1S/C11H18N6S/c1-3-5-9-11(18-16-15-9)8(12)6-10-13-7-14-17(10)4-2/h7-8H,3-6,12H2,1-2H3. The van der Waals surface area contributed by atoms with Crippen molar-refractivity contribution in [2.24, 2.45) is 5.73 Å². The Hall–Kier alpha value is -1.34. The predicted molar refractivity (Wildman–Crippen MR) is 70.2 cm³/mol. The third-order valence-electron chi connectivity index (χ3n) is 2.81. The molecule has 0 spiro atoms. The molecule has 1 atom stereocenters. The van der Waals surface area contributed by atoms with Gasteiger partial charge in [-0.25, -0.2) is 4.98 Å². The van der Waals surface area contributed by atoms with Crippen molar-refractivity contribution in [3.8, 4) is 0 Å². The molecule has 0 amide bonds. The quantitative estimate of drug-likeness (QED) is 0.853. The summed E-state index contributed by atoms with van der Waals surface area (Å²) in [5.74, 6) is 0.917. The maximum Gasteiger partial charge on any atom is 0.138 e. The summed E-state index contributed by atoms with van der Waals surface area (Å²) in [4.78, 5) is 5.32. The van der Waals surface area contributed by atoms with Crippen LogP contribution in [0.5, 0.6) is 0 Å². The van der Waals surface area contributed by atoms with Gasteiger partial charge in [0, 0.05) is 19.0 Å². The van der Waals surface area contributed by atoms with Crippen molar-refractivity contribution < 1.29 is 0 Å². The molecule has 2 rings (SSSR count). The Morgan fingerprint density at radius 2 is 2.28 bits per heavy atom. The lowest BCUT2D eigenvalue weighted by Crippen LogP contribution is -2.17. The van der Waals surface area contributed by atoms with Crippen molar-refractivity contribution in [2.75, 3.05) is 0 Å². The lowest BCUT2D eigenvalue weighted by Gasteiger charge is -2.10. The summed E-state index contributed by atoms with van der Waals surface area (Å²) in [7, 11) is 0. The van der Waals surface area contributed by atoms with Gasteiger partial charge in [-0.15, -0.1) is 5.10 Å². The largest absolute Gasteiger partial charge is 0.323 e. The average Bonchev–Trinajstić information content (AvgIpc) is 2.98. The highest BCUT2D eigenvalue weighted by Gasteiger charge is 2.17. The van der Waals surface area contributed by atoms with Crippen LogP contribution in [0.15, 0.2) is 6.33 Å². The fourth-order valence-corrected chi connectivity index (χ4v) is 2.60. The molecule has 6 nitrogen and oxygen atoms in total. The fourth-order valence-electron chi connectivity index (χ4n) is 1.91. The lowest BCUT2D eigenvalue weighted by atomic mass is 10.1. The lowest BCUT2D eigenvalue weighted by molar-refractivity contribution is 0.581. The Labute approximate surface area is 110 Å². The van der Waals surface area contributed by atoms with Crippen LogP contribution in [-0.2, 0) is 19.4 Å². The van der Waals surface area contributed by atoms with E-state index >= 15 is 0 Å². The molecule has 2 N–H and O–H groups in total. The number of hydrogen-bond acceptors (Lipinski definition) is 6. The van der Waals surface area contributed by atoms with Crippen LogP contribution in [0.25, 0.3) is 0 Å². The van der Waals surface area contributed by atoms with Crippen molar-refractivity contribution >= 4 is 11.5 Å². The van der Waals surface area contributed by atoms with Gasteiger partial charge in [0.25, 0.3) is 0 Å². The van der Waals surface area contributed by atoms with Crippen molar-refractivity contribution in [1.29, 1.82) is 0 Å². The molecular weight excluding hydrogens is 248 g/mol. The Morgan fingerprint density at radius 3 is 3.00 bits per heavy atom. The molecule has 0 fully saturated rings. The molecule has 0 saturated carbocycles. The molecule has 0 saturated heterocycles. The highest BCUT2D eigenvalue weighted by atomic mass is 32.1. The third kappa shape index (κ3) is 2.73. The van der Waals surface area contributed by atoms with Crippen molar-refractivity contribution in [2.45, 2.75) is 45.7 Å². The first-order valence-electron chi connectivity index (χ1n) is 6.19. The summed E-state index contributed by atoms with van der Waals surface area (Å²) in [6.45, 7) is 4.98. The topological polar surface area (TPSA) is 82.5 Å². The zero-order valence-corrected chi connectivity index (χ0v) is 11.5. The highest BCUT2D eigenvalue weighted by molar-refractivity contribution is 7.05. The van der Waals surface area contributed by atoms with Crippen LogP contribution in [0.2, 0.25) is 0 Å². The Balaban J connectivity index is 2.11. The molecular formula is C11H18N6S. The van der Waals surface area contributed by atoms with Gasteiger partial charge in [-0.2, -0.15) is 5.10 Å². The zero-order chi connectivity index (χ0) is 13.0. The van der Waals surface area contributed by atoms with Crippen LogP contribution in [-0.4, -0.2) is 24.4 Å². The number of hydrogen-bond donors (Lipinski definition) is 1. The number of aromatic nitrogens is 5. The summed E-state index contributed by atoms with van der Waals surface area (Å²) in [5.41, 5.74) is 7.26. The van der Waals surface area contributed by atoms with Gasteiger partial charge in [-0.1, -0.05) is 17.8 Å². The maximum absolute atomic E-state index is 6.23. The van der Waals surface area contributed by atoms with E-state index < -0.39 is 0 Å². The van der Waals surface area contributed by atoms with Gasteiger partial charge in [-0.05, 0) is 24.9 Å². The average molecular weight is 266 g/mol. The molecule has 2 aromatic rings. The first-order chi connectivity index (χ1) is 8.76. The summed E-state index contributed by atoms with van der Waals surface area (Å²) in [6.07, 6.45) is 4.23. The zero-order valence-electron chi connectivity index (χ0n) is 10.7. The number of rotatable bonds is 6. The molecule has 1 unspecified atom stereocenters. The number of nitrogens with zero attached hydrogens (tertiary/aromatic N) is 5. The molecule has 7 heteroatoms. The smallest absolute Gasteiger partial charge is 0.138 e. The second-order valence-electron chi connectivity index (χ2n) is 4.14. The SMILES string of the molecule is CCCc1nnsc1C(N)Cc1ncnn1CC. The van der Waals surface area contributed by atoms with E-state index in [1.807, 2.05) is 11.6 Å². The predicted octanol–water partition coefficient (Wildman–Crippen LogP) is 1.34. The van der Waals surface area contributed by atoms with E-state index in [2.05, 4.69) is 26.6 Å². The van der Waals surface area contributed by atoms with E-state index in [1.54, 1.807) is 6.33 Å². The summed E-state index contributed by atoms with van der Waals surface area (Å²) in [6, 6.07) is -0.0963. The second-order valence-corrected chi connectivity index (χ2v) is 4.92. The summed E-state index contributed by atoms with van der Waals surface area (Å²) >= 11 is 1.39. The molecule has 0 aliphatic carbocycles. The van der Waals surface area contributed by atoms with Crippen molar-refractivity contribution in [3.63, 3.8) is 0 Å². The fraction of sp³-hybridized carbons (Fsp3) is 0.636. The molecule has 2 heterocycles. The van der Waals surface area contributed by atoms with Crippen LogP contribution >= 0.6 is 11.5 Å². The van der Waals surface area contributed by atoms with Gasteiger partial charge in [0.1, 0.15) is 12.2 Å². The van der Waals surface area contributed by atoms with E-state index in [9.17, 15) is 0 Å². The molecule has 0 bridgehead atoms. The van der Waals surface area contributed by atoms with Gasteiger partial charge in [0.15, 0.2) is 0 Å². The van der Waals surface area contributed by atoms with Crippen LogP contribution in [0, 0.1) is 0 Å². The molecule has 0 aromatic carbocycles. The van der Waals surface area contributed by atoms with Gasteiger partial charge in [0.2, 0.25) is 0 Å². The minimum Gasteiger partial charge on any atom is -0.323 e. The van der Waals surface area contributed by atoms with Crippen LogP contribution in [0.1, 0.15) is 42.7 Å². The molecule has 0 radical (unpaired) electrons.